The minimum absolute atomic E-state index is 0.0382. The Balaban J connectivity index is 0.000000158. The second kappa shape index (κ2) is 9.56. The molecule has 0 radical (unpaired) electrons. The number of fused-ring (bicyclic) bond motifs is 6. The van der Waals surface area contributed by atoms with Crippen molar-refractivity contribution < 1.29 is 14.4 Å². The lowest BCUT2D eigenvalue weighted by atomic mass is 10.1. The average molecular weight is 531 g/mol. The van der Waals surface area contributed by atoms with Gasteiger partial charge in [0, 0.05) is 27.3 Å². The zero-order valence-corrected chi connectivity index (χ0v) is 20.3. The summed E-state index contributed by atoms with van der Waals surface area (Å²) in [4.78, 5) is 51.6. The van der Waals surface area contributed by atoms with Crippen LogP contribution in [-0.4, -0.2) is 37.4 Å². The molecule has 0 fully saturated rings. The largest absolute Gasteiger partial charge is 0.369 e. The molecule has 2 aliphatic carbocycles. The number of primary amides is 1. The summed E-state index contributed by atoms with van der Waals surface area (Å²) in [5, 5.41) is 27.3. The third-order valence-corrected chi connectivity index (χ3v) is 6.10. The fourth-order valence-electron chi connectivity index (χ4n) is 4.18. The molecular weight excluding hydrogens is 520 g/mol. The zero-order valence-electron chi connectivity index (χ0n) is 19.6. The van der Waals surface area contributed by atoms with Gasteiger partial charge in [-0.3, -0.25) is 14.4 Å². The van der Waals surface area contributed by atoms with E-state index in [9.17, 15) is 14.4 Å². The summed E-state index contributed by atoms with van der Waals surface area (Å²) in [5.74, 6) is -1.17. The highest BCUT2D eigenvalue weighted by Gasteiger charge is 2.32. The first-order valence-electron chi connectivity index (χ1n) is 11.1. The highest BCUT2D eigenvalue weighted by atomic mass is 35.5. The van der Waals surface area contributed by atoms with Gasteiger partial charge in [0.25, 0.3) is 0 Å². The minimum atomic E-state index is -0.603. The molecule has 0 bridgehead atoms. The van der Waals surface area contributed by atoms with E-state index in [2.05, 4.69) is 19.9 Å². The third kappa shape index (κ3) is 4.13. The van der Waals surface area contributed by atoms with Gasteiger partial charge in [0.15, 0.2) is 17.1 Å². The van der Waals surface area contributed by atoms with Crippen molar-refractivity contribution in [3.05, 3.63) is 92.8 Å². The second-order valence-electron chi connectivity index (χ2n) is 8.21. The predicted octanol–water partition coefficient (Wildman–Crippen LogP) is 2.67. The van der Waals surface area contributed by atoms with E-state index in [0.29, 0.717) is 38.7 Å². The van der Waals surface area contributed by atoms with Gasteiger partial charge >= 0.3 is 0 Å². The number of hydrogen-bond acceptors (Lipinski definition) is 10. The van der Waals surface area contributed by atoms with E-state index >= 15 is 0 Å². The van der Waals surface area contributed by atoms with Gasteiger partial charge in [0.05, 0.1) is 12.1 Å². The van der Waals surface area contributed by atoms with Crippen LogP contribution in [0.25, 0.3) is 22.5 Å². The van der Waals surface area contributed by atoms with Crippen LogP contribution in [0.15, 0.2) is 42.5 Å². The molecule has 2 heterocycles. The van der Waals surface area contributed by atoms with Gasteiger partial charge in [-0.05, 0) is 18.2 Å². The number of halogens is 1. The van der Waals surface area contributed by atoms with Crippen molar-refractivity contribution in [2.45, 2.75) is 6.42 Å². The van der Waals surface area contributed by atoms with Gasteiger partial charge < -0.3 is 5.73 Å². The molecule has 0 saturated heterocycles. The molecule has 0 unspecified atom stereocenters. The standard InChI is InChI=1S/C14H8N4O2.C13H3ClN4O/c15-6-10-9(5-11(16)19)17-12-7-3-1-2-4-8(7)14(20)13(12)18-10;14-6-1-2-7-8(3-6)11-12(13(7)19)18-10(5-16)9(4-15)17-11/h1-4H,5H2,(H2,16,19);1-3H. The maximum absolute atomic E-state index is 12.2. The molecule has 0 spiro atoms. The summed E-state index contributed by atoms with van der Waals surface area (Å²) in [5.41, 5.74) is 8.13. The van der Waals surface area contributed by atoms with E-state index in [4.69, 9.17) is 33.1 Å². The fraction of sp³-hybridized carbons (Fsp3) is 0.0370. The number of nitrogens with zero attached hydrogens (tertiary/aromatic N) is 7. The van der Waals surface area contributed by atoms with Gasteiger partial charge in [-0.2, -0.15) is 15.8 Å². The van der Waals surface area contributed by atoms with Crippen LogP contribution < -0.4 is 5.73 Å². The summed E-state index contributed by atoms with van der Waals surface area (Å²) >= 11 is 5.89. The normalized spacial score (nSPS) is 11.5. The van der Waals surface area contributed by atoms with Crippen LogP contribution in [-0.2, 0) is 11.2 Å². The number of carbonyl (C=O) groups excluding carboxylic acids is 3. The SMILES string of the molecule is N#Cc1nc2c(nc1C#N)-c1cc(Cl)ccc1C2=O.N#Cc1nc2c(nc1CC(N)=O)-c1ccccc1C2=O. The number of nitrogens with two attached hydrogens (primary N) is 1. The lowest BCUT2D eigenvalue weighted by Gasteiger charge is -2.04. The molecular formula is C27H11ClN8O3. The van der Waals surface area contributed by atoms with Crippen LogP contribution in [0.2, 0.25) is 5.02 Å². The first-order valence-corrected chi connectivity index (χ1v) is 11.5. The molecule has 2 aromatic carbocycles. The van der Waals surface area contributed by atoms with Crippen LogP contribution in [0.1, 0.15) is 54.9 Å². The van der Waals surface area contributed by atoms with E-state index in [-0.39, 0.29) is 52.2 Å². The zero-order chi connectivity index (χ0) is 27.8. The summed E-state index contributed by atoms with van der Waals surface area (Å²) in [6.07, 6.45) is -0.181. The third-order valence-electron chi connectivity index (χ3n) is 5.86. The number of nitriles is 3. The van der Waals surface area contributed by atoms with Crippen molar-refractivity contribution in [2.75, 3.05) is 0 Å². The molecule has 4 aromatic rings. The maximum atomic E-state index is 12.2. The van der Waals surface area contributed by atoms with Gasteiger partial charge in [0.2, 0.25) is 17.5 Å². The summed E-state index contributed by atoms with van der Waals surface area (Å²) in [7, 11) is 0. The average Bonchev–Trinajstić information content (AvgIpc) is 3.37. The lowest BCUT2D eigenvalue weighted by Crippen LogP contribution is -2.17. The molecule has 2 aromatic heterocycles. The van der Waals surface area contributed by atoms with Crippen molar-refractivity contribution in [3.8, 4) is 40.7 Å². The molecule has 1 amide bonds. The second-order valence-corrected chi connectivity index (χ2v) is 8.64. The number of rotatable bonds is 2. The Morgan fingerprint density at radius 2 is 1.23 bits per heavy atom. The topological polar surface area (TPSA) is 200 Å². The molecule has 0 aliphatic heterocycles. The maximum Gasteiger partial charge on any atom is 0.223 e. The minimum Gasteiger partial charge on any atom is -0.369 e. The Hall–Kier alpha value is -5.83. The highest BCUT2D eigenvalue weighted by molar-refractivity contribution is 6.31. The summed E-state index contributed by atoms with van der Waals surface area (Å²) in [6.45, 7) is 0. The molecule has 12 heteroatoms. The number of ketones is 2. The number of hydrogen-bond donors (Lipinski definition) is 1. The van der Waals surface area contributed by atoms with Crippen molar-refractivity contribution >= 4 is 29.1 Å². The lowest BCUT2D eigenvalue weighted by molar-refractivity contribution is -0.117. The Bertz CT molecular complexity index is 1910. The van der Waals surface area contributed by atoms with Crippen molar-refractivity contribution in [1.82, 2.24) is 19.9 Å². The number of aromatic nitrogens is 4. The first-order chi connectivity index (χ1) is 18.8. The predicted molar refractivity (Wildman–Crippen MR) is 134 cm³/mol. The van der Waals surface area contributed by atoms with E-state index in [1.165, 1.54) is 0 Å². The van der Waals surface area contributed by atoms with Gasteiger partial charge in [-0.25, -0.2) is 19.9 Å². The van der Waals surface area contributed by atoms with Gasteiger partial charge in [0.1, 0.15) is 41.0 Å². The number of benzene rings is 2. The van der Waals surface area contributed by atoms with Gasteiger partial charge in [-0.1, -0.05) is 35.9 Å². The molecule has 184 valence electrons. The molecule has 11 nitrogen and oxygen atoms in total. The van der Waals surface area contributed by atoms with E-state index in [1.807, 2.05) is 6.07 Å². The molecule has 2 aliphatic rings. The van der Waals surface area contributed by atoms with Crippen LogP contribution in [0.3, 0.4) is 0 Å². The Labute approximate surface area is 224 Å². The van der Waals surface area contributed by atoms with Crippen molar-refractivity contribution in [1.29, 1.82) is 15.8 Å². The molecule has 39 heavy (non-hydrogen) atoms. The van der Waals surface area contributed by atoms with E-state index in [0.717, 1.165) is 0 Å². The molecule has 0 saturated carbocycles. The van der Waals surface area contributed by atoms with Crippen molar-refractivity contribution in [2.24, 2.45) is 5.73 Å². The van der Waals surface area contributed by atoms with Crippen LogP contribution in [0.5, 0.6) is 0 Å². The first kappa shape index (κ1) is 24.8. The number of carbonyl (C=O) groups is 3. The van der Waals surface area contributed by atoms with E-state index < -0.39 is 5.91 Å². The smallest absolute Gasteiger partial charge is 0.223 e. The number of amides is 1. The quantitative estimate of drug-likeness (QED) is 0.346. The fourth-order valence-corrected chi connectivity index (χ4v) is 4.36. The molecule has 6 rings (SSSR count). The Morgan fingerprint density at radius 1 is 0.718 bits per heavy atom. The van der Waals surface area contributed by atoms with Gasteiger partial charge in [-0.15, -0.1) is 0 Å². The van der Waals surface area contributed by atoms with E-state index in [1.54, 1.807) is 54.6 Å². The van der Waals surface area contributed by atoms with Crippen LogP contribution in [0, 0.1) is 34.0 Å². The summed E-state index contributed by atoms with van der Waals surface area (Å²) < 4.78 is 0. The molecule has 2 N–H and O–H groups in total. The Kier molecular flexibility index (Phi) is 6.09. The highest BCUT2D eigenvalue weighted by Crippen LogP contribution is 2.36. The van der Waals surface area contributed by atoms with Crippen LogP contribution >= 0.6 is 11.6 Å². The monoisotopic (exact) mass is 530 g/mol. The summed E-state index contributed by atoms with van der Waals surface area (Å²) in [6, 6.07) is 17.2. The van der Waals surface area contributed by atoms with Crippen molar-refractivity contribution in [3.63, 3.8) is 0 Å². The Morgan fingerprint density at radius 3 is 1.82 bits per heavy atom. The molecule has 0 atom stereocenters. The van der Waals surface area contributed by atoms with Crippen LogP contribution in [0.4, 0.5) is 0 Å².